The van der Waals surface area contributed by atoms with Crippen LogP contribution in [0, 0.1) is 6.92 Å². The number of aromatic nitrogens is 2. The van der Waals surface area contributed by atoms with Crippen LogP contribution < -0.4 is 5.32 Å². The Bertz CT molecular complexity index is 708. The smallest absolute Gasteiger partial charge is 0.318 e. The zero-order valence-electron chi connectivity index (χ0n) is 15.1. The van der Waals surface area contributed by atoms with Crippen molar-refractivity contribution in [3.63, 3.8) is 0 Å². The molecule has 1 aromatic heterocycles. The van der Waals surface area contributed by atoms with E-state index in [0.717, 1.165) is 30.8 Å². The van der Waals surface area contributed by atoms with Crippen molar-refractivity contribution in [1.82, 2.24) is 20.2 Å². The number of carbonyl (C=O) groups excluding carboxylic acids is 1. The van der Waals surface area contributed by atoms with Gasteiger partial charge in [-0.05, 0) is 50.1 Å². The molecule has 1 heterocycles. The Hall–Kier alpha value is -1.95. The average molecular weight is 359 g/mol. The van der Waals surface area contributed by atoms with Gasteiger partial charge in [-0.1, -0.05) is 19.1 Å². The Labute approximate surface area is 153 Å². The summed E-state index contributed by atoms with van der Waals surface area (Å²) in [5.74, 6) is 0.827. The molecule has 0 bridgehead atoms. The minimum atomic E-state index is -0.0821. The lowest BCUT2D eigenvalue weighted by Gasteiger charge is -2.25. The second-order valence-corrected chi connectivity index (χ2v) is 7.45. The molecule has 6 heteroatoms. The summed E-state index contributed by atoms with van der Waals surface area (Å²) in [6.45, 7) is 4.68. The van der Waals surface area contributed by atoms with Crippen LogP contribution >= 0.6 is 11.8 Å². The fourth-order valence-electron chi connectivity index (χ4n) is 2.89. The third kappa shape index (κ3) is 4.57. The molecule has 134 valence electrons. The minimum Gasteiger partial charge on any atom is -0.344 e. The van der Waals surface area contributed by atoms with Crippen LogP contribution in [0.15, 0.2) is 35.4 Å². The molecule has 1 saturated carbocycles. The van der Waals surface area contributed by atoms with Crippen LogP contribution in [0.2, 0.25) is 0 Å². The summed E-state index contributed by atoms with van der Waals surface area (Å²) in [4.78, 5) is 23.7. The molecule has 3 rings (SSSR count). The maximum atomic E-state index is 12.9. The first-order valence-electron chi connectivity index (χ1n) is 8.82. The first-order chi connectivity index (χ1) is 12.1. The standard InChI is InChI=1S/C19H26N4OS/c1-4-17(18-20-11-13(2)21-18)22-19(24)23(15-7-8-15)12-14-5-9-16(25-3)10-6-14/h5-6,9-11,15,17H,4,7-8,12H2,1-3H3,(H,20,21)(H,22,24)/t17-/m0/s1. The second-order valence-electron chi connectivity index (χ2n) is 6.57. The largest absolute Gasteiger partial charge is 0.344 e. The van der Waals surface area contributed by atoms with Gasteiger partial charge in [0.05, 0.1) is 6.04 Å². The van der Waals surface area contributed by atoms with Gasteiger partial charge in [-0.2, -0.15) is 0 Å². The number of carbonyl (C=O) groups is 1. The van der Waals surface area contributed by atoms with Gasteiger partial charge in [0, 0.05) is 29.4 Å². The molecule has 1 aliphatic rings. The molecule has 2 amide bonds. The van der Waals surface area contributed by atoms with Crippen LogP contribution in [0.25, 0.3) is 0 Å². The molecule has 1 aromatic carbocycles. The number of aryl methyl sites for hydroxylation is 1. The monoisotopic (exact) mass is 358 g/mol. The van der Waals surface area contributed by atoms with Crippen molar-refractivity contribution < 1.29 is 4.79 Å². The van der Waals surface area contributed by atoms with E-state index in [2.05, 4.69) is 52.7 Å². The van der Waals surface area contributed by atoms with Gasteiger partial charge in [-0.25, -0.2) is 9.78 Å². The number of rotatable bonds is 7. The predicted molar refractivity (Wildman–Crippen MR) is 102 cm³/mol. The maximum Gasteiger partial charge on any atom is 0.318 e. The number of urea groups is 1. The Morgan fingerprint density at radius 3 is 2.64 bits per heavy atom. The van der Waals surface area contributed by atoms with Crippen LogP contribution in [-0.2, 0) is 6.54 Å². The zero-order chi connectivity index (χ0) is 17.8. The quantitative estimate of drug-likeness (QED) is 0.727. The molecule has 0 saturated heterocycles. The highest BCUT2D eigenvalue weighted by molar-refractivity contribution is 7.98. The topological polar surface area (TPSA) is 61.0 Å². The highest BCUT2D eigenvalue weighted by atomic mass is 32.2. The minimum absolute atomic E-state index is 0.00246. The zero-order valence-corrected chi connectivity index (χ0v) is 15.9. The van der Waals surface area contributed by atoms with E-state index in [4.69, 9.17) is 0 Å². The number of hydrogen-bond donors (Lipinski definition) is 2. The van der Waals surface area contributed by atoms with Gasteiger partial charge in [0.1, 0.15) is 5.82 Å². The Morgan fingerprint density at radius 2 is 2.12 bits per heavy atom. The number of amides is 2. The molecule has 0 unspecified atom stereocenters. The number of H-pyrrole nitrogens is 1. The molecule has 0 aliphatic heterocycles. The first kappa shape index (κ1) is 17.9. The fourth-order valence-corrected chi connectivity index (χ4v) is 3.29. The number of hydrogen-bond acceptors (Lipinski definition) is 3. The summed E-state index contributed by atoms with van der Waals surface area (Å²) in [6, 6.07) is 8.73. The van der Waals surface area contributed by atoms with Crippen molar-refractivity contribution in [3.05, 3.63) is 47.5 Å². The number of benzene rings is 1. The number of nitrogens with zero attached hydrogens (tertiary/aromatic N) is 2. The lowest BCUT2D eigenvalue weighted by atomic mass is 10.2. The van der Waals surface area contributed by atoms with Gasteiger partial charge >= 0.3 is 6.03 Å². The molecule has 0 radical (unpaired) electrons. The van der Waals surface area contributed by atoms with E-state index in [-0.39, 0.29) is 12.1 Å². The van der Waals surface area contributed by atoms with Gasteiger partial charge < -0.3 is 15.2 Å². The van der Waals surface area contributed by atoms with E-state index in [1.165, 1.54) is 10.5 Å². The summed E-state index contributed by atoms with van der Waals surface area (Å²) in [5.41, 5.74) is 2.18. The predicted octanol–water partition coefficient (Wildman–Crippen LogP) is 4.27. The summed E-state index contributed by atoms with van der Waals surface area (Å²) < 4.78 is 0. The number of nitrogens with one attached hydrogen (secondary N) is 2. The van der Waals surface area contributed by atoms with Crippen molar-refractivity contribution >= 4 is 17.8 Å². The van der Waals surface area contributed by atoms with Crippen LogP contribution in [0.4, 0.5) is 4.79 Å². The van der Waals surface area contributed by atoms with E-state index >= 15 is 0 Å². The van der Waals surface area contributed by atoms with Gasteiger partial charge in [-0.15, -0.1) is 11.8 Å². The molecule has 0 spiro atoms. The Kier molecular flexibility index (Phi) is 5.68. The molecule has 1 fully saturated rings. The molecule has 2 N–H and O–H groups in total. The highest BCUT2D eigenvalue weighted by Crippen LogP contribution is 2.29. The normalized spacial score (nSPS) is 15.0. The number of aromatic amines is 1. The molecular weight excluding hydrogens is 332 g/mol. The van der Waals surface area contributed by atoms with Gasteiger partial charge in [0.25, 0.3) is 0 Å². The third-order valence-corrected chi connectivity index (χ3v) is 5.26. The second kappa shape index (κ2) is 7.95. The maximum absolute atomic E-state index is 12.9. The third-order valence-electron chi connectivity index (χ3n) is 4.52. The lowest BCUT2D eigenvalue weighted by molar-refractivity contribution is 0.187. The van der Waals surface area contributed by atoms with Crippen molar-refractivity contribution in [3.8, 4) is 0 Å². The lowest BCUT2D eigenvalue weighted by Crippen LogP contribution is -2.42. The van der Waals surface area contributed by atoms with Crippen molar-refractivity contribution in [2.24, 2.45) is 0 Å². The van der Waals surface area contributed by atoms with E-state index in [1.54, 1.807) is 18.0 Å². The number of imidazole rings is 1. The summed E-state index contributed by atoms with van der Waals surface area (Å²) in [5, 5.41) is 3.15. The molecular formula is C19H26N4OS. The van der Waals surface area contributed by atoms with E-state index in [1.807, 2.05) is 11.8 Å². The Morgan fingerprint density at radius 1 is 1.40 bits per heavy atom. The molecule has 1 aliphatic carbocycles. The van der Waals surface area contributed by atoms with Crippen LogP contribution in [-0.4, -0.2) is 33.2 Å². The summed E-state index contributed by atoms with van der Waals surface area (Å²) >= 11 is 1.73. The summed E-state index contributed by atoms with van der Waals surface area (Å²) in [6.07, 6.45) is 6.86. The van der Waals surface area contributed by atoms with Crippen molar-refractivity contribution in [1.29, 1.82) is 0 Å². The molecule has 5 nitrogen and oxygen atoms in total. The van der Waals surface area contributed by atoms with E-state index in [9.17, 15) is 4.79 Å². The van der Waals surface area contributed by atoms with Crippen molar-refractivity contribution in [2.75, 3.05) is 6.26 Å². The Balaban J connectivity index is 1.67. The van der Waals surface area contributed by atoms with Gasteiger partial charge in [-0.3, -0.25) is 0 Å². The van der Waals surface area contributed by atoms with E-state index < -0.39 is 0 Å². The van der Waals surface area contributed by atoms with Gasteiger partial charge in [0.15, 0.2) is 0 Å². The summed E-state index contributed by atoms with van der Waals surface area (Å²) in [7, 11) is 0. The molecule has 1 atom stereocenters. The average Bonchev–Trinajstić information content (AvgIpc) is 3.38. The molecule has 2 aromatic rings. The van der Waals surface area contributed by atoms with Crippen LogP contribution in [0.5, 0.6) is 0 Å². The van der Waals surface area contributed by atoms with E-state index in [0.29, 0.717) is 12.6 Å². The SMILES string of the molecule is CC[C@H](NC(=O)N(Cc1ccc(SC)cc1)C1CC1)c1ncc(C)[nH]1. The van der Waals surface area contributed by atoms with Crippen LogP contribution in [0.1, 0.15) is 49.3 Å². The van der Waals surface area contributed by atoms with Crippen molar-refractivity contribution in [2.45, 2.75) is 56.6 Å². The number of thioether (sulfide) groups is 1. The highest BCUT2D eigenvalue weighted by Gasteiger charge is 2.33. The van der Waals surface area contributed by atoms with Gasteiger partial charge in [0.2, 0.25) is 0 Å². The first-order valence-corrected chi connectivity index (χ1v) is 10.0. The fraction of sp³-hybridized carbons (Fsp3) is 0.474. The van der Waals surface area contributed by atoms with Crippen LogP contribution in [0.3, 0.4) is 0 Å². The molecule has 25 heavy (non-hydrogen) atoms.